The summed E-state index contributed by atoms with van der Waals surface area (Å²) in [5, 5.41) is 8.73. The van der Waals surface area contributed by atoms with Gasteiger partial charge in [-0.05, 0) is 37.5 Å². The monoisotopic (exact) mass is 268 g/mol. The maximum absolute atomic E-state index is 12.4. The van der Waals surface area contributed by atoms with E-state index in [9.17, 15) is 9.59 Å². The van der Waals surface area contributed by atoms with Crippen LogP contribution in [0.5, 0.6) is 0 Å². The second-order valence-corrected chi connectivity index (χ2v) is 6.01. The average molecular weight is 268 g/mol. The fourth-order valence-electron chi connectivity index (χ4n) is 3.11. The van der Waals surface area contributed by atoms with Gasteiger partial charge in [0.25, 0.3) is 0 Å². The van der Waals surface area contributed by atoms with Crippen LogP contribution in [0, 0.1) is 11.8 Å². The highest BCUT2D eigenvalue weighted by Gasteiger charge is 2.30. The van der Waals surface area contributed by atoms with Gasteiger partial charge in [0.1, 0.15) is 0 Å². The van der Waals surface area contributed by atoms with Crippen molar-refractivity contribution in [1.82, 2.24) is 9.80 Å². The van der Waals surface area contributed by atoms with Crippen LogP contribution in [0.15, 0.2) is 0 Å². The molecule has 0 aromatic heterocycles. The molecule has 2 fully saturated rings. The summed E-state index contributed by atoms with van der Waals surface area (Å²) in [6.45, 7) is 5.48. The molecule has 0 aromatic rings. The van der Waals surface area contributed by atoms with E-state index in [0.29, 0.717) is 18.3 Å². The second kappa shape index (κ2) is 6.26. The molecule has 0 saturated carbocycles. The molecule has 0 radical (unpaired) electrons. The summed E-state index contributed by atoms with van der Waals surface area (Å²) in [5.74, 6) is 0.224. The first-order valence-corrected chi connectivity index (χ1v) is 7.32. The lowest BCUT2D eigenvalue weighted by Gasteiger charge is -2.35. The number of carbonyl (C=O) groups is 2. The molecule has 2 atom stereocenters. The van der Waals surface area contributed by atoms with Crippen molar-refractivity contribution >= 4 is 12.0 Å². The van der Waals surface area contributed by atoms with Crippen LogP contribution in [0.25, 0.3) is 0 Å². The van der Waals surface area contributed by atoms with Gasteiger partial charge in [0, 0.05) is 32.6 Å². The van der Waals surface area contributed by atoms with Gasteiger partial charge in [-0.15, -0.1) is 0 Å². The average Bonchev–Trinajstić information content (AvgIpc) is 2.82. The van der Waals surface area contributed by atoms with Gasteiger partial charge in [0.15, 0.2) is 0 Å². The fraction of sp³-hybridized carbons (Fsp3) is 0.857. The third-order valence-electron chi connectivity index (χ3n) is 4.25. The molecule has 5 heteroatoms. The first kappa shape index (κ1) is 14.2. The van der Waals surface area contributed by atoms with E-state index in [1.807, 2.05) is 9.80 Å². The molecule has 2 saturated heterocycles. The maximum Gasteiger partial charge on any atom is 0.320 e. The van der Waals surface area contributed by atoms with Gasteiger partial charge in [-0.2, -0.15) is 0 Å². The summed E-state index contributed by atoms with van der Waals surface area (Å²) in [6.07, 6.45) is 4.05. The number of nitrogens with zero attached hydrogens (tertiary/aromatic N) is 2. The lowest BCUT2D eigenvalue weighted by molar-refractivity contribution is -0.137. The summed E-state index contributed by atoms with van der Waals surface area (Å²) < 4.78 is 0. The Labute approximate surface area is 114 Å². The highest BCUT2D eigenvalue weighted by Crippen LogP contribution is 2.24. The minimum atomic E-state index is -0.739. The quantitative estimate of drug-likeness (QED) is 0.852. The van der Waals surface area contributed by atoms with E-state index in [1.54, 1.807) is 0 Å². The van der Waals surface area contributed by atoms with Crippen LogP contribution < -0.4 is 0 Å². The molecule has 2 aliphatic heterocycles. The molecular weight excluding hydrogens is 244 g/mol. The molecule has 2 unspecified atom stereocenters. The zero-order valence-electron chi connectivity index (χ0n) is 11.7. The summed E-state index contributed by atoms with van der Waals surface area (Å²) in [7, 11) is 0. The molecule has 0 aliphatic carbocycles. The first-order valence-electron chi connectivity index (χ1n) is 7.32. The number of hydrogen-bond acceptors (Lipinski definition) is 2. The highest BCUT2D eigenvalue weighted by atomic mass is 16.4. The number of aliphatic carboxylic acids is 1. The molecule has 2 heterocycles. The topological polar surface area (TPSA) is 60.9 Å². The van der Waals surface area contributed by atoms with Gasteiger partial charge >= 0.3 is 12.0 Å². The molecule has 0 bridgehead atoms. The van der Waals surface area contributed by atoms with Gasteiger partial charge in [-0.25, -0.2) is 4.79 Å². The number of urea groups is 1. The molecule has 2 aliphatic rings. The Balaban J connectivity index is 1.83. The molecule has 108 valence electrons. The van der Waals surface area contributed by atoms with Crippen LogP contribution >= 0.6 is 0 Å². The summed E-state index contributed by atoms with van der Waals surface area (Å²) in [6, 6.07) is 0.157. The molecule has 1 N–H and O–H groups in total. The van der Waals surface area contributed by atoms with E-state index in [1.165, 1.54) is 0 Å². The van der Waals surface area contributed by atoms with Crippen molar-refractivity contribution in [1.29, 1.82) is 0 Å². The van der Waals surface area contributed by atoms with Crippen molar-refractivity contribution in [3.63, 3.8) is 0 Å². The number of rotatable bonds is 3. The molecule has 19 heavy (non-hydrogen) atoms. The number of carboxylic acid groups (broad SMARTS) is 1. The van der Waals surface area contributed by atoms with E-state index in [-0.39, 0.29) is 12.5 Å². The largest absolute Gasteiger partial charge is 0.481 e. The molecule has 5 nitrogen and oxygen atoms in total. The predicted molar refractivity (Wildman–Crippen MR) is 71.9 cm³/mol. The SMILES string of the molecule is CC1CCN(C(=O)N2CCCC(CCC(=O)O)C2)C1. The number of likely N-dealkylation sites (tertiary alicyclic amines) is 2. The van der Waals surface area contributed by atoms with Crippen molar-refractivity contribution in [2.45, 2.75) is 39.0 Å². The summed E-state index contributed by atoms with van der Waals surface area (Å²) in [5.41, 5.74) is 0. The van der Waals surface area contributed by atoms with Crippen LogP contribution in [-0.4, -0.2) is 53.1 Å². The first-order chi connectivity index (χ1) is 9.06. The minimum absolute atomic E-state index is 0.157. The van der Waals surface area contributed by atoms with Crippen LogP contribution in [0.2, 0.25) is 0 Å². The number of amides is 2. The summed E-state index contributed by atoms with van der Waals surface area (Å²) >= 11 is 0. The van der Waals surface area contributed by atoms with Gasteiger partial charge in [-0.3, -0.25) is 4.79 Å². The van der Waals surface area contributed by atoms with E-state index in [2.05, 4.69) is 6.92 Å². The minimum Gasteiger partial charge on any atom is -0.481 e. The molecular formula is C14H24N2O3. The maximum atomic E-state index is 12.4. The number of hydrogen-bond donors (Lipinski definition) is 1. The van der Waals surface area contributed by atoms with E-state index < -0.39 is 5.97 Å². The Kier molecular flexibility index (Phi) is 4.66. The van der Waals surface area contributed by atoms with E-state index >= 15 is 0 Å². The Morgan fingerprint density at radius 2 is 1.89 bits per heavy atom. The molecule has 0 spiro atoms. The van der Waals surface area contributed by atoms with E-state index in [0.717, 1.165) is 45.4 Å². The Hall–Kier alpha value is -1.26. The standard InChI is InChI=1S/C14H24N2O3/c1-11-6-8-16(9-11)14(19)15-7-2-3-12(10-15)4-5-13(17)18/h11-12H,2-10H2,1H3,(H,17,18). The normalized spacial score (nSPS) is 27.6. The van der Waals surface area contributed by atoms with Gasteiger partial charge < -0.3 is 14.9 Å². The second-order valence-electron chi connectivity index (χ2n) is 6.01. The van der Waals surface area contributed by atoms with Gasteiger partial charge in [0.05, 0.1) is 0 Å². The predicted octanol–water partition coefficient (Wildman–Crippen LogP) is 2.03. The number of carbonyl (C=O) groups excluding carboxylic acids is 1. The lowest BCUT2D eigenvalue weighted by Crippen LogP contribution is -2.46. The van der Waals surface area contributed by atoms with Crippen molar-refractivity contribution in [3.05, 3.63) is 0 Å². The Bertz CT molecular complexity index is 346. The third kappa shape index (κ3) is 3.85. The van der Waals surface area contributed by atoms with Crippen molar-refractivity contribution in [2.24, 2.45) is 11.8 Å². The third-order valence-corrected chi connectivity index (χ3v) is 4.25. The number of carboxylic acids is 1. The zero-order chi connectivity index (χ0) is 13.8. The zero-order valence-corrected chi connectivity index (χ0v) is 11.7. The smallest absolute Gasteiger partial charge is 0.320 e. The highest BCUT2D eigenvalue weighted by molar-refractivity contribution is 5.75. The number of piperidine rings is 1. The Morgan fingerprint density at radius 1 is 1.16 bits per heavy atom. The van der Waals surface area contributed by atoms with Crippen molar-refractivity contribution < 1.29 is 14.7 Å². The van der Waals surface area contributed by atoms with Gasteiger partial charge in [-0.1, -0.05) is 6.92 Å². The van der Waals surface area contributed by atoms with Crippen molar-refractivity contribution in [2.75, 3.05) is 26.2 Å². The molecule has 2 amide bonds. The van der Waals surface area contributed by atoms with Crippen LogP contribution in [-0.2, 0) is 4.79 Å². The lowest BCUT2D eigenvalue weighted by atomic mass is 9.93. The molecule has 2 rings (SSSR count). The van der Waals surface area contributed by atoms with Crippen LogP contribution in [0.3, 0.4) is 0 Å². The van der Waals surface area contributed by atoms with Crippen molar-refractivity contribution in [3.8, 4) is 0 Å². The van der Waals surface area contributed by atoms with Gasteiger partial charge in [0.2, 0.25) is 0 Å². The van der Waals surface area contributed by atoms with E-state index in [4.69, 9.17) is 5.11 Å². The Morgan fingerprint density at radius 3 is 2.53 bits per heavy atom. The van der Waals surface area contributed by atoms with Crippen LogP contribution in [0.4, 0.5) is 4.79 Å². The molecule has 0 aromatic carbocycles. The summed E-state index contributed by atoms with van der Waals surface area (Å²) in [4.78, 5) is 26.9. The van der Waals surface area contributed by atoms with Crippen LogP contribution in [0.1, 0.15) is 39.0 Å². The fourth-order valence-corrected chi connectivity index (χ4v) is 3.11.